The van der Waals surface area contributed by atoms with Gasteiger partial charge < -0.3 is 24.8 Å². The molecule has 1 saturated heterocycles. The lowest BCUT2D eigenvalue weighted by atomic mass is 10.0. The molecule has 4 atom stereocenters. The molecule has 0 amide bonds. The summed E-state index contributed by atoms with van der Waals surface area (Å²) in [5.41, 5.74) is 0.909. The predicted octanol–water partition coefficient (Wildman–Crippen LogP) is 0.543. The Labute approximate surface area is 116 Å². The summed E-state index contributed by atoms with van der Waals surface area (Å²) in [5, 5.41) is 28.7. The number of aliphatic hydroxyl groups excluding tert-OH is 3. The standard InChI is InChI=1S/C13H17ClO5/c14-9-3-1-8(2-4-9)7-18-13-10(5-15)12(17)11(6-16)19-13/h1-4,10-13,15-17H,5-7H2/t10-,11-,12+,13+/m1/s1. The predicted molar refractivity (Wildman–Crippen MR) is 68.6 cm³/mol. The van der Waals surface area contributed by atoms with Crippen molar-refractivity contribution in [1.29, 1.82) is 0 Å². The van der Waals surface area contributed by atoms with Crippen LogP contribution in [-0.2, 0) is 16.1 Å². The summed E-state index contributed by atoms with van der Waals surface area (Å²) in [5.74, 6) is -0.551. The van der Waals surface area contributed by atoms with E-state index in [9.17, 15) is 10.2 Å². The second-order valence-electron chi connectivity index (χ2n) is 4.50. The number of aliphatic hydroxyl groups is 3. The van der Waals surface area contributed by atoms with E-state index in [1.165, 1.54) is 0 Å². The van der Waals surface area contributed by atoms with Crippen LogP contribution in [-0.4, -0.2) is 47.0 Å². The summed E-state index contributed by atoms with van der Waals surface area (Å²) >= 11 is 5.78. The molecule has 19 heavy (non-hydrogen) atoms. The molecule has 1 aliphatic rings. The third-order valence-electron chi connectivity index (χ3n) is 3.20. The summed E-state index contributed by atoms with van der Waals surface area (Å²) in [7, 11) is 0. The first-order valence-electron chi connectivity index (χ1n) is 6.07. The SMILES string of the molecule is OC[C@H]1[C@@H](OCc2ccc(Cl)cc2)O[C@H](CO)[C@H]1O. The van der Waals surface area contributed by atoms with Crippen molar-refractivity contribution in [1.82, 2.24) is 0 Å². The van der Waals surface area contributed by atoms with Crippen LogP contribution in [0.1, 0.15) is 5.56 Å². The normalized spacial score (nSPS) is 30.7. The minimum Gasteiger partial charge on any atom is -0.396 e. The summed E-state index contributed by atoms with van der Waals surface area (Å²) < 4.78 is 10.9. The summed E-state index contributed by atoms with van der Waals surface area (Å²) in [4.78, 5) is 0. The van der Waals surface area contributed by atoms with Crippen LogP contribution in [0.15, 0.2) is 24.3 Å². The largest absolute Gasteiger partial charge is 0.396 e. The minimum atomic E-state index is -0.926. The van der Waals surface area contributed by atoms with E-state index in [0.29, 0.717) is 5.02 Å². The molecule has 0 saturated carbocycles. The van der Waals surface area contributed by atoms with Crippen LogP contribution in [0.2, 0.25) is 5.02 Å². The van der Waals surface area contributed by atoms with Crippen LogP contribution >= 0.6 is 11.6 Å². The van der Waals surface area contributed by atoms with Crippen molar-refractivity contribution in [3.63, 3.8) is 0 Å². The van der Waals surface area contributed by atoms with Gasteiger partial charge in [0.25, 0.3) is 0 Å². The molecule has 0 unspecified atom stereocenters. The van der Waals surface area contributed by atoms with Crippen molar-refractivity contribution < 1.29 is 24.8 Å². The maximum atomic E-state index is 9.81. The van der Waals surface area contributed by atoms with E-state index in [4.69, 9.17) is 26.2 Å². The topological polar surface area (TPSA) is 79.2 Å². The van der Waals surface area contributed by atoms with Crippen LogP contribution in [0.3, 0.4) is 0 Å². The van der Waals surface area contributed by atoms with E-state index in [1.54, 1.807) is 12.1 Å². The van der Waals surface area contributed by atoms with E-state index in [0.717, 1.165) is 5.56 Å². The number of rotatable bonds is 5. The molecule has 5 nitrogen and oxygen atoms in total. The molecule has 1 heterocycles. The Balaban J connectivity index is 1.93. The van der Waals surface area contributed by atoms with Crippen LogP contribution in [0.25, 0.3) is 0 Å². The van der Waals surface area contributed by atoms with Crippen molar-refractivity contribution in [2.75, 3.05) is 13.2 Å². The molecular weight excluding hydrogens is 272 g/mol. The molecule has 0 radical (unpaired) electrons. The van der Waals surface area contributed by atoms with Gasteiger partial charge in [0.15, 0.2) is 6.29 Å². The highest BCUT2D eigenvalue weighted by atomic mass is 35.5. The third kappa shape index (κ3) is 3.45. The Morgan fingerprint density at radius 3 is 2.42 bits per heavy atom. The van der Waals surface area contributed by atoms with Gasteiger partial charge in [0.2, 0.25) is 0 Å². The van der Waals surface area contributed by atoms with Crippen LogP contribution in [0.4, 0.5) is 0 Å². The van der Waals surface area contributed by atoms with E-state index >= 15 is 0 Å². The van der Waals surface area contributed by atoms with Crippen molar-refractivity contribution in [3.05, 3.63) is 34.9 Å². The molecule has 0 aliphatic carbocycles. The smallest absolute Gasteiger partial charge is 0.166 e. The van der Waals surface area contributed by atoms with Gasteiger partial charge in [-0.15, -0.1) is 0 Å². The van der Waals surface area contributed by atoms with Gasteiger partial charge in [-0.3, -0.25) is 0 Å². The van der Waals surface area contributed by atoms with Crippen LogP contribution in [0.5, 0.6) is 0 Å². The molecule has 6 heteroatoms. The van der Waals surface area contributed by atoms with Crippen molar-refractivity contribution in [2.24, 2.45) is 5.92 Å². The minimum absolute atomic E-state index is 0.261. The summed E-state index contributed by atoms with van der Waals surface area (Å²) in [6, 6.07) is 7.16. The van der Waals surface area contributed by atoms with Gasteiger partial charge >= 0.3 is 0 Å². The number of halogens is 1. The molecule has 3 N–H and O–H groups in total. The highest BCUT2D eigenvalue weighted by Gasteiger charge is 2.43. The Bertz CT molecular complexity index is 397. The number of hydrogen-bond donors (Lipinski definition) is 3. The molecule has 0 spiro atoms. The molecule has 2 rings (SSSR count). The van der Waals surface area contributed by atoms with Gasteiger partial charge in [0, 0.05) is 5.02 Å². The average Bonchev–Trinajstić information content (AvgIpc) is 2.73. The number of benzene rings is 1. The first kappa shape index (κ1) is 14.7. The molecule has 1 aliphatic heterocycles. The monoisotopic (exact) mass is 288 g/mol. The Kier molecular flexibility index (Phi) is 5.15. The lowest BCUT2D eigenvalue weighted by molar-refractivity contribution is -0.166. The number of ether oxygens (including phenoxy) is 2. The summed E-state index contributed by atoms with van der Waals surface area (Å²) in [6.45, 7) is -0.287. The highest BCUT2D eigenvalue weighted by Crippen LogP contribution is 2.28. The maximum Gasteiger partial charge on any atom is 0.166 e. The van der Waals surface area contributed by atoms with Gasteiger partial charge in [-0.2, -0.15) is 0 Å². The fourth-order valence-corrected chi connectivity index (χ4v) is 2.18. The molecule has 1 aromatic rings. The van der Waals surface area contributed by atoms with Crippen molar-refractivity contribution in [3.8, 4) is 0 Å². The highest BCUT2D eigenvalue weighted by molar-refractivity contribution is 6.30. The van der Waals surface area contributed by atoms with Gasteiger partial charge in [-0.05, 0) is 17.7 Å². The first-order valence-corrected chi connectivity index (χ1v) is 6.44. The fourth-order valence-electron chi connectivity index (χ4n) is 2.06. The van der Waals surface area contributed by atoms with Crippen LogP contribution < -0.4 is 0 Å². The van der Waals surface area contributed by atoms with Crippen molar-refractivity contribution >= 4 is 11.6 Å². The zero-order valence-electron chi connectivity index (χ0n) is 10.3. The Morgan fingerprint density at radius 2 is 1.84 bits per heavy atom. The second-order valence-corrected chi connectivity index (χ2v) is 4.94. The van der Waals surface area contributed by atoms with Gasteiger partial charge in [0.05, 0.1) is 31.8 Å². The van der Waals surface area contributed by atoms with E-state index in [2.05, 4.69) is 0 Å². The lowest BCUT2D eigenvalue weighted by Crippen LogP contribution is -2.32. The Morgan fingerprint density at radius 1 is 1.16 bits per heavy atom. The molecular formula is C13H17ClO5. The zero-order valence-corrected chi connectivity index (χ0v) is 11.0. The van der Waals surface area contributed by atoms with E-state index < -0.39 is 24.4 Å². The van der Waals surface area contributed by atoms with Crippen molar-refractivity contribution in [2.45, 2.75) is 25.1 Å². The Hall–Kier alpha value is -0.690. The summed E-state index contributed by atoms with van der Waals surface area (Å²) in [6.07, 6.45) is -2.37. The average molecular weight is 289 g/mol. The molecule has 0 bridgehead atoms. The molecule has 0 aromatic heterocycles. The van der Waals surface area contributed by atoms with Crippen LogP contribution in [0, 0.1) is 5.92 Å². The zero-order chi connectivity index (χ0) is 13.8. The number of hydrogen-bond acceptors (Lipinski definition) is 5. The first-order chi connectivity index (χ1) is 9.15. The van der Waals surface area contributed by atoms with E-state index in [-0.39, 0.29) is 19.8 Å². The van der Waals surface area contributed by atoms with Gasteiger partial charge in [-0.1, -0.05) is 23.7 Å². The van der Waals surface area contributed by atoms with E-state index in [1.807, 2.05) is 12.1 Å². The third-order valence-corrected chi connectivity index (χ3v) is 3.45. The molecule has 1 aromatic carbocycles. The fraction of sp³-hybridized carbons (Fsp3) is 0.538. The van der Waals surface area contributed by atoms with Gasteiger partial charge in [0.1, 0.15) is 6.10 Å². The van der Waals surface area contributed by atoms with Gasteiger partial charge in [-0.25, -0.2) is 0 Å². The second kappa shape index (κ2) is 6.65. The quantitative estimate of drug-likeness (QED) is 0.737. The molecule has 106 valence electrons. The maximum absolute atomic E-state index is 9.81. The lowest BCUT2D eigenvalue weighted by Gasteiger charge is -2.18. The molecule has 1 fully saturated rings.